The van der Waals surface area contributed by atoms with Crippen molar-refractivity contribution in [2.75, 3.05) is 26.2 Å². The van der Waals surface area contributed by atoms with Crippen LogP contribution in [0.1, 0.15) is 11.6 Å². The molecule has 124 valence electrons. The monoisotopic (exact) mass is 326 g/mol. The number of rotatable bonds is 4. The fourth-order valence-corrected chi connectivity index (χ4v) is 2.44. The Morgan fingerprint density at radius 3 is 2.36 bits per heavy atom. The molecule has 0 aliphatic carbocycles. The molecule has 2 rings (SSSR count). The first-order valence-corrected chi connectivity index (χ1v) is 6.60. The van der Waals surface area contributed by atoms with Crippen molar-refractivity contribution in [1.29, 1.82) is 0 Å². The van der Waals surface area contributed by atoms with Crippen LogP contribution in [0.3, 0.4) is 0 Å². The highest BCUT2D eigenvalue weighted by atomic mass is 19.4. The van der Waals surface area contributed by atoms with Crippen LogP contribution in [0.25, 0.3) is 0 Å². The Bertz CT molecular complexity index is 504. The van der Waals surface area contributed by atoms with Gasteiger partial charge in [-0.1, -0.05) is 12.1 Å². The maximum atomic E-state index is 13.4. The highest BCUT2D eigenvalue weighted by Gasteiger charge is 2.36. The van der Waals surface area contributed by atoms with Crippen molar-refractivity contribution in [2.45, 2.75) is 18.8 Å². The minimum Gasteiger partial charge on any atom is -0.504 e. The zero-order chi connectivity index (χ0) is 16.3. The van der Waals surface area contributed by atoms with E-state index in [0.29, 0.717) is 26.2 Å². The van der Waals surface area contributed by atoms with Crippen LogP contribution in [0.2, 0.25) is 0 Å². The third-order valence-electron chi connectivity index (χ3n) is 3.36. The Hall–Kier alpha value is -1.61. The van der Waals surface area contributed by atoms with Gasteiger partial charge in [0.25, 0.3) is 6.43 Å². The number of phenolic OH excluding ortho intramolecular Hbond substituents is 1. The standard InChI is InChI=1S/C13H15F5N2O2/c14-12(15)10(20-6-4-19-5-7-20)8-2-1-3-9(11(8)21)22-13(16,17)18/h1-3,10,12,19,21H,4-7H2/t10-/m0/s1. The summed E-state index contributed by atoms with van der Waals surface area (Å²) in [6.07, 6.45) is -7.86. The summed E-state index contributed by atoms with van der Waals surface area (Å²) in [7, 11) is 0. The van der Waals surface area contributed by atoms with Crippen LogP contribution in [-0.2, 0) is 0 Å². The Labute approximate surface area is 123 Å². The van der Waals surface area contributed by atoms with Gasteiger partial charge in [-0.05, 0) is 6.07 Å². The summed E-state index contributed by atoms with van der Waals surface area (Å²) < 4.78 is 67.2. The molecule has 0 saturated carbocycles. The smallest absolute Gasteiger partial charge is 0.504 e. The summed E-state index contributed by atoms with van der Waals surface area (Å²) >= 11 is 0. The van der Waals surface area contributed by atoms with Gasteiger partial charge >= 0.3 is 6.36 Å². The van der Waals surface area contributed by atoms with E-state index >= 15 is 0 Å². The molecule has 1 aliphatic rings. The van der Waals surface area contributed by atoms with Crippen molar-refractivity contribution < 1.29 is 31.8 Å². The van der Waals surface area contributed by atoms with Gasteiger partial charge in [-0.3, -0.25) is 4.90 Å². The average molecular weight is 326 g/mol. The molecule has 1 saturated heterocycles. The Morgan fingerprint density at radius 2 is 1.82 bits per heavy atom. The summed E-state index contributed by atoms with van der Waals surface area (Å²) in [5.74, 6) is -1.80. The first kappa shape index (κ1) is 16.8. The summed E-state index contributed by atoms with van der Waals surface area (Å²) in [4.78, 5) is 1.42. The van der Waals surface area contributed by atoms with Crippen LogP contribution in [0, 0.1) is 0 Å². The van der Waals surface area contributed by atoms with E-state index in [0.717, 1.165) is 12.1 Å². The minimum atomic E-state index is -5.01. The molecule has 1 aromatic rings. The zero-order valence-electron chi connectivity index (χ0n) is 11.4. The number of hydrogen-bond acceptors (Lipinski definition) is 4. The third kappa shape index (κ3) is 3.98. The Morgan fingerprint density at radius 1 is 1.18 bits per heavy atom. The SMILES string of the molecule is Oc1c(OC(F)(F)F)cccc1[C@@H](C(F)F)N1CCNCC1. The van der Waals surface area contributed by atoms with Crippen molar-refractivity contribution in [3.05, 3.63) is 23.8 Å². The zero-order valence-corrected chi connectivity index (χ0v) is 11.4. The second-order valence-corrected chi connectivity index (χ2v) is 4.81. The molecule has 1 heterocycles. The predicted octanol–water partition coefficient (Wildman–Crippen LogP) is 2.50. The number of piperazine rings is 1. The average Bonchev–Trinajstić information content (AvgIpc) is 2.42. The van der Waals surface area contributed by atoms with Crippen molar-refractivity contribution in [1.82, 2.24) is 10.2 Å². The highest BCUT2D eigenvalue weighted by molar-refractivity contribution is 5.47. The summed E-state index contributed by atoms with van der Waals surface area (Å²) in [5.41, 5.74) is -0.279. The van der Waals surface area contributed by atoms with Crippen LogP contribution >= 0.6 is 0 Å². The van der Waals surface area contributed by atoms with Gasteiger partial charge in [0.2, 0.25) is 0 Å². The van der Waals surface area contributed by atoms with E-state index in [2.05, 4.69) is 10.1 Å². The molecular weight excluding hydrogens is 311 g/mol. The first-order valence-electron chi connectivity index (χ1n) is 6.60. The van der Waals surface area contributed by atoms with Crippen LogP contribution in [0.15, 0.2) is 18.2 Å². The second kappa shape index (κ2) is 6.66. The third-order valence-corrected chi connectivity index (χ3v) is 3.36. The van der Waals surface area contributed by atoms with E-state index in [1.807, 2.05) is 0 Å². The van der Waals surface area contributed by atoms with E-state index < -0.39 is 30.3 Å². The Kier molecular flexibility index (Phi) is 5.07. The number of hydrogen-bond donors (Lipinski definition) is 2. The summed E-state index contributed by atoms with van der Waals surface area (Å²) in [6, 6.07) is 1.72. The molecule has 22 heavy (non-hydrogen) atoms. The van der Waals surface area contributed by atoms with Gasteiger partial charge in [-0.15, -0.1) is 13.2 Å². The lowest BCUT2D eigenvalue weighted by Crippen LogP contribution is -2.46. The number of aromatic hydroxyl groups is 1. The maximum Gasteiger partial charge on any atom is 0.573 e. The molecular formula is C13H15F5N2O2. The number of halogens is 5. The number of nitrogens with zero attached hydrogens (tertiary/aromatic N) is 1. The number of alkyl halides is 5. The molecule has 9 heteroatoms. The van der Waals surface area contributed by atoms with Gasteiger partial charge < -0.3 is 15.2 Å². The minimum absolute atomic E-state index is 0.279. The molecule has 1 aliphatic heterocycles. The Balaban J connectivity index is 2.33. The molecule has 1 atom stereocenters. The molecule has 0 radical (unpaired) electrons. The van der Waals surface area contributed by atoms with Crippen molar-refractivity contribution >= 4 is 0 Å². The number of ether oxygens (including phenoxy) is 1. The second-order valence-electron chi connectivity index (χ2n) is 4.81. The fourth-order valence-electron chi connectivity index (χ4n) is 2.44. The van der Waals surface area contributed by atoms with E-state index in [1.165, 1.54) is 11.0 Å². The van der Waals surface area contributed by atoms with Crippen molar-refractivity contribution in [3.63, 3.8) is 0 Å². The van der Waals surface area contributed by atoms with Crippen molar-refractivity contribution in [2.24, 2.45) is 0 Å². The van der Waals surface area contributed by atoms with Crippen molar-refractivity contribution in [3.8, 4) is 11.5 Å². The van der Waals surface area contributed by atoms with E-state index in [-0.39, 0.29) is 5.56 Å². The predicted molar refractivity (Wildman–Crippen MR) is 68.0 cm³/mol. The van der Waals surface area contributed by atoms with E-state index in [4.69, 9.17) is 0 Å². The molecule has 0 unspecified atom stereocenters. The lowest BCUT2D eigenvalue weighted by molar-refractivity contribution is -0.275. The van der Waals surface area contributed by atoms with E-state index in [1.54, 1.807) is 0 Å². The van der Waals surface area contributed by atoms with Gasteiger partial charge in [-0.2, -0.15) is 0 Å². The molecule has 1 fully saturated rings. The van der Waals surface area contributed by atoms with Gasteiger partial charge in [0.1, 0.15) is 6.04 Å². The van der Waals surface area contributed by atoms with Gasteiger partial charge in [0.05, 0.1) is 0 Å². The molecule has 0 spiro atoms. The molecule has 0 bridgehead atoms. The van der Waals surface area contributed by atoms with Gasteiger partial charge in [-0.25, -0.2) is 8.78 Å². The quantitative estimate of drug-likeness (QED) is 0.835. The van der Waals surface area contributed by atoms with Gasteiger partial charge in [0, 0.05) is 31.7 Å². The number of benzene rings is 1. The number of phenols is 1. The topological polar surface area (TPSA) is 44.7 Å². The fraction of sp³-hybridized carbons (Fsp3) is 0.538. The first-order chi connectivity index (χ1) is 10.3. The molecule has 2 N–H and O–H groups in total. The molecule has 0 amide bonds. The van der Waals surface area contributed by atoms with Crippen LogP contribution in [0.4, 0.5) is 22.0 Å². The number of para-hydroxylation sites is 1. The lowest BCUT2D eigenvalue weighted by Gasteiger charge is -2.35. The molecule has 4 nitrogen and oxygen atoms in total. The number of nitrogens with one attached hydrogen (secondary N) is 1. The normalized spacial score (nSPS) is 18.5. The highest BCUT2D eigenvalue weighted by Crippen LogP contribution is 2.40. The van der Waals surface area contributed by atoms with Gasteiger partial charge in [0.15, 0.2) is 11.5 Å². The van der Waals surface area contributed by atoms with Crippen LogP contribution in [0.5, 0.6) is 11.5 Å². The summed E-state index contributed by atoms with van der Waals surface area (Å²) in [5, 5.41) is 12.9. The van der Waals surface area contributed by atoms with Crippen LogP contribution in [-0.4, -0.2) is 49.0 Å². The lowest BCUT2D eigenvalue weighted by atomic mass is 10.0. The molecule has 0 aromatic heterocycles. The van der Waals surface area contributed by atoms with Crippen LogP contribution < -0.4 is 10.1 Å². The van der Waals surface area contributed by atoms with E-state index in [9.17, 15) is 27.1 Å². The largest absolute Gasteiger partial charge is 0.573 e. The maximum absolute atomic E-state index is 13.4. The summed E-state index contributed by atoms with van der Waals surface area (Å²) in [6.45, 7) is 1.59. The molecule has 1 aromatic carbocycles.